The predicted octanol–water partition coefficient (Wildman–Crippen LogP) is 2.72. The number of thioether (sulfide) groups is 1. The van der Waals surface area contributed by atoms with Crippen molar-refractivity contribution in [2.24, 2.45) is 0 Å². The van der Waals surface area contributed by atoms with Gasteiger partial charge >= 0.3 is 5.97 Å². The van der Waals surface area contributed by atoms with Crippen molar-refractivity contribution < 1.29 is 19.4 Å². The van der Waals surface area contributed by atoms with Gasteiger partial charge in [0.15, 0.2) is 5.78 Å². The van der Waals surface area contributed by atoms with E-state index in [2.05, 4.69) is 0 Å². The van der Waals surface area contributed by atoms with Crippen molar-refractivity contribution in [2.75, 3.05) is 18.1 Å². The zero-order valence-corrected chi connectivity index (χ0v) is 11.3. The molecule has 5 heteroatoms. The average molecular weight is 268 g/mol. The van der Waals surface area contributed by atoms with Gasteiger partial charge in [0.2, 0.25) is 0 Å². The lowest BCUT2D eigenvalue weighted by Gasteiger charge is -2.10. The minimum Gasteiger partial charge on any atom is -0.493 e. The van der Waals surface area contributed by atoms with Crippen molar-refractivity contribution in [3.8, 4) is 5.75 Å². The van der Waals surface area contributed by atoms with Gasteiger partial charge in [-0.25, -0.2) is 4.79 Å². The van der Waals surface area contributed by atoms with Crippen LogP contribution in [0.5, 0.6) is 5.75 Å². The van der Waals surface area contributed by atoms with Crippen molar-refractivity contribution in [1.82, 2.24) is 0 Å². The normalized spacial score (nSPS) is 10.1. The lowest BCUT2D eigenvalue weighted by molar-refractivity contribution is 0.0697. The van der Waals surface area contributed by atoms with Gasteiger partial charge in [0.05, 0.1) is 23.5 Å². The molecule has 1 N–H and O–H groups in total. The highest BCUT2D eigenvalue weighted by molar-refractivity contribution is 7.99. The number of carboxylic acid groups (broad SMARTS) is 1. The second-order valence-electron chi connectivity index (χ2n) is 3.51. The summed E-state index contributed by atoms with van der Waals surface area (Å²) < 4.78 is 5.35. The molecule has 0 bridgehead atoms. The number of Topliss-reactive ketones (excluding diaryl/α,β-unsaturated/α-hetero) is 1. The van der Waals surface area contributed by atoms with Crippen LogP contribution in [0.3, 0.4) is 0 Å². The van der Waals surface area contributed by atoms with Crippen molar-refractivity contribution in [2.45, 2.75) is 13.8 Å². The Hall–Kier alpha value is -1.49. The molecule has 0 aliphatic carbocycles. The van der Waals surface area contributed by atoms with Crippen LogP contribution in [0.1, 0.15) is 34.6 Å². The van der Waals surface area contributed by atoms with Gasteiger partial charge in [0, 0.05) is 0 Å². The van der Waals surface area contributed by atoms with Gasteiger partial charge < -0.3 is 9.84 Å². The van der Waals surface area contributed by atoms with E-state index < -0.39 is 5.97 Å². The fourth-order valence-electron chi connectivity index (χ4n) is 1.43. The average Bonchev–Trinajstić information content (AvgIpc) is 2.36. The Morgan fingerprint density at radius 1 is 1.33 bits per heavy atom. The van der Waals surface area contributed by atoms with Gasteiger partial charge in [-0.15, -0.1) is 0 Å². The number of benzene rings is 1. The molecule has 1 aromatic carbocycles. The van der Waals surface area contributed by atoms with E-state index in [1.165, 1.54) is 30.0 Å². The Kier molecular flexibility index (Phi) is 5.71. The van der Waals surface area contributed by atoms with Crippen LogP contribution < -0.4 is 4.74 Å². The highest BCUT2D eigenvalue weighted by Crippen LogP contribution is 2.22. The van der Waals surface area contributed by atoms with Crippen molar-refractivity contribution in [3.05, 3.63) is 29.3 Å². The first-order valence-electron chi connectivity index (χ1n) is 5.71. The quantitative estimate of drug-likeness (QED) is 0.770. The van der Waals surface area contributed by atoms with E-state index in [-0.39, 0.29) is 11.3 Å². The summed E-state index contributed by atoms with van der Waals surface area (Å²) in [6.45, 7) is 4.23. The molecule has 0 aliphatic rings. The minimum absolute atomic E-state index is 0.100. The number of hydrogen-bond acceptors (Lipinski definition) is 4. The number of ketones is 1. The third-order valence-electron chi connectivity index (χ3n) is 2.26. The number of carbonyl (C=O) groups is 2. The molecule has 1 rings (SSSR count). The van der Waals surface area contributed by atoms with Gasteiger partial charge in [-0.3, -0.25) is 4.79 Å². The van der Waals surface area contributed by atoms with E-state index in [9.17, 15) is 9.59 Å². The Morgan fingerprint density at radius 2 is 2.06 bits per heavy atom. The molecule has 0 amide bonds. The summed E-state index contributed by atoms with van der Waals surface area (Å²) >= 11 is 1.50. The zero-order valence-electron chi connectivity index (χ0n) is 10.4. The van der Waals surface area contributed by atoms with Gasteiger partial charge in [-0.1, -0.05) is 6.92 Å². The maximum Gasteiger partial charge on any atom is 0.335 e. The largest absolute Gasteiger partial charge is 0.493 e. The molecule has 0 saturated heterocycles. The summed E-state index contributed by atoms with van der Waals surface area (Å²) in [5, 5.41) is 8.93. The van der Waals surface area contributed by atoms with E-state index >= 15 is 0 Å². The van der Waals surface area contributed by atoms with E-state index in [1.807, 2.05) is 13.8 Å². The van der Waals surface area contributed by atoms with Crippen LogP contribution in [0, 0.1) is 0 Å². The molecule has 0 fully saturated rings. The summed E-state index contributed by atoms with van der Waals surface area (Å²) in [5.41, 5.74) is 0.445. The molecule has 0 saturated carbocycles. The van der Waals surface area contributed by atoms with E-state index in [4.69, 9.17) is 9.84 Å². The fraction of sp³-hybridized carbons (Fsp3) is 0.385. The molecule has 0 aliphatic heterocycles. The molecule has 18 heavy (non-hydrogen) atoms. The fourth-order valence-corrected chi connectivity index (χ4v) is 1.98. The first-order chi connectivity index (χ1) is 8.60. The van der Waals surface area contributed by atoms with Gasteiger partial charge in [-0.05, 0) is 30.9 Å². The van der Waals surface area contributed by atoms with Crippen LogP contribution in [0.25, 0.3) is 0 Å². The number of carboxylic acids is 1. The second kappa shape index (κ2) is 7.06. The molecule has 1 aromatic rings. The van der Waals surface area contributed by atoms with Crippen molar-refractivity contribution in [3.63, 3.8) is 0 Å². The number of rotatable bonds is 7. The van der Waals surface area contributed by atoms with E-state index in [0.29, 0.717) is 23.7 Å². The third kappa shape index (κ3) is 3.77. The standard InChI is InChI=1S/C13H16O4S/c1-3-17-12-6-5-9(13(15)16)7-10(12)11(14)8-18-4-2/h5-7H,3-4,8H2,1-2H3,(H,15,16). The highest BCUT2D eigenvalue weighted by atomic mass is 32.2. The molecule has 0 unspecified atom stereocenters. The molecule has 0 heterocycles. The Labute approximate surface area is 110 Å². The lowest BCUT2D eigenvalue weighted by Crippen LogP contribution is -2.09. The Bertz CT molecular complexity index is 443. The minimum atomic E-state index is -1.05. The van der Waals surface area contributed by atoms with Crippen LogP contribution in [0.2, 0.25) is 0 Å². The van der Waals surface area contributed by atoms with Gasteiger partial charge in [0.25, 0.3) is 0 Å². The summed E-state index contributed by atoms with van der Waals surface area (Å²) in [6.07, 6.45) is 0. The molecular weight excluding hydrogens is 252 g/mol. The molecule has 0 atom stereocenters. The maximum atomic E-state index is 12.0. The topological polar surface area (TPSA) is 63.6 Å². The summed E-state index contributed by atoms with van der Waals surface area (Å²) in [4.78, 5) is 22.9. The van der Waals surface area contributed by atoms with Crippen LogP contribution in [-0.4, -0.2) is 35.0 Å². The predicted molar refractivity (Wildman–Crippen MR) is 71.9 cm³/mol. The SMILES string of the molecule is CCOc1ccc(C(=O)O)cc1C(=O)CSCC. The molecule has 98 valence electrons. The summed E-state index contributed by atoms with van der Waals surface area (Å²) in [6, 6.07) is 4.36. The van der Waals surface area contributed by atoms with Crippen LogP contribution in [0.15, 0.2) is 18.2 Å². The highest BCUT2D eigenvalue weighted by Gasteiger charge is 2.15. The maximum absolute atomic E-state index is 12.0. The van der Waals surface area contributed by atoms with Gasteiger partial charge in [0.1, 0.15) is 5.75 Å². The van der Waals surface area contributed by atoms with Crippen molar-refractivity contribution in [1.29, 1.82) is 0 Å². The van der Waals surface area contributed by atoms with Crippen LogP contribution in [-0.2, 0) is 0 Å². The monoisotopic (exact) mass is 268 g/mol. The Morgan fingerprint density at radius 3 is 2.61 bits per heavy atom. The lowest BCUT2D eigenvalue weighted by atomic mass is 10.1. The number of carbonyl (C=O) groups excluding carboxylic acids is 1. The molecule has 0 radical (unpaired) electrons. The number of hydrogen-bond donors (Lipinski definition) is 1. The van der Waals surface area contributed by atoms with E-state index in [1.54, 1.807) is 0 Å². The molecule has 0 aromatic heterocycles. The number of aromatic carboxylic acids is 1. The number of ether oxygens (including phenoxy) is 1. The first kappa shape index (κ1) is 14.6. The smallest absolute Gasteiger partial charge is 0.335 e. The first-order valence-corrected chi connectivity index (χ1v) is 6.86. The van der Waals surface area contributed by atoms with Crippen LogP contribution >= 0.6 is 11.8 Å². The molecular formula is C13H16O4S. The second-order valence-corrected chi connectivity index (χ2v) is 4.78. The molecule has 0 spiro atoms. The Balaban J connectivity index is 3.06. The van der Waals surface area contributed by atoms with Crippen molar-refractivity contribution >= 4 is 23.5 Å². The van der Waals surface area contributed by atoms with Gasteiger partial charge in [-0.2, -0.15) is 11.8 Å². The van der Waals surface area contributed by atoms with Crippen LogP contribution in [0.4, 0.5) is 0 Å². The third-order valence-corrected chi connectivity index (χ3v) is 3.14. The summed E-state index contributed by atoms with van der Waals surface area (Å²) in [5.74, 6) is 0.474. The summed E-state index contributed by atoms with van der Waals surface area (Å²) in [7, 11) is 0. The van der Waals surface area contributed by atoms with E-state index in [0.717, 1.165) is 5.75 Å². The molecule has 4 nitrogen and oxygen atoms in total. The zero-order chi connectivity index (χ0) is 13.5.